The molecule has 2 heterocycles. The third-order valence-corrected chi connectivity index (χ3v) is 4.85. The van der Waals surface area contributed by atoms with Gasteiger partial charge in [-0.2, -0.15) is 0 Å². The lowest BCUT2D eigenvalue weighted by Gasteiger charge is -2.19. The highest BCUT2D eigenvalue weighted by atomic mass is 35.5. The van der Waals surface area contributed by atoms with Crippen LogP contribution in [0.2, 0.25) is 10.0 Å². The van der Waals surface area contributed by atoms with Crippen molar-refractivity contribution in [3.63, 3.8) is 0 Å². The number of aromatic nitrogens is 2. The fourth-order valence-electron chi connectivity index (χ4n) is 3.02. The van der Waals surface area contributed by atoms with Crippen LogP contribution in [0.3, 0.4) is 0 Å². The second kappa shape index (κ2) is 6.30. The van der Waals surface area contributed by atoms with Crippen molar-refractivity contribution in [1.82, 2.24) is 9.55 Å². The molecule has 0 aliphatic carbocycles. The predicted molar refractivity (Wildman–Crippen MR) is 98.9 cm³/mol. The summed E-state index contributed by atoms with van der Waals surface area (Å²) in [6.07, 6.45) is 0.259. The summed E-state index contributed by atoms with van der Waals surface area (Å²) in [5.74, 6) is -0.826. The molecule has 26 heavy (non-hydrogen) atoms. The van der Waals surface area contributed by atoms with Gasteiger partial charge in [-0.15, -0.1) is 0 Å². The van der Waals surface area contributed by atoms with Gasteiger partial charge in [0.25, 0.3) is 5.91 Å². The normalized spacial score (nSPS) is 13.8. The van der Waals surface area contributed by atoms with E-state index in [1.165, 1.54) is 12.1 Å². The van der Waals surface area contributed by atoms with Gasteiger partial charge in [-0.3, -0.25) is 4.79 Å². The van der Waals surface area contributed by atoms with Gasteiger partial charge < -0.3 is 15.0 Å². The van der Waals surface area contributed by atoms with Crippen LogP contribution in [-0.2, 0) is 11.3 Å². The summed E-state index contributed by atoms with van der Waals surface area (Å²) >= 11 is 12.2. The van der Waals surface area contributed by atoms with Crippen LogP contribution in [0.4, 0.5) is 10.1 Å². The first-order valence-corrected chi connectivity index (χ1v) is 8.55. The van der Waals surface area contributed by atoms with Crippen molar-refractivity contribution >= 4 is 51.4 Å². The van der Waals surface area contributed by atoms with Crippen LogP contribution < -0.4 is 5.32 Å². The zero-order valence-electron chi connectivity index (χ0n) is 13.3. The van der Waals surface area contributed by atoms with Gasteiger partial charge in [0, 0.05) is 19.0 Å². The Hall–Kier alpha value is -2.57. The first-order valence-electron chi connectivity index (χ1n) is 7.79. The van der Waals surface area contributed by atoms with E-state index in [9.17, 15) is 14.3 Å². The lowest BCUT2D eigenvalue weighted by Crippen LogP contribution is -2.22. The number of imidazole rings is 1. The van der Waals surface area contributed by atoms with Crippen LogP contribution >= 0.6 is 23.2 Å². The number of rotatable bonds is 2. The van der Waals surface area contributed by atoms with Gasteiger partial charge in [0.1, 0.15) is 23.0 Å². The number of nitrogens with zero attached hydrogens (tertiary/aromatic N) is 2. The number of anilines is 1. The maximum Gasteiger partial charge on any atom is 0.262 e. The highest BCUT2D eigenvalue weighted by molar-refractivity contribution is 6.41. The maximum atomic E-state index is 13.5. The number of nitrogens with one attached hydrogen (secondary N) is 1. The summed E-state index contributed by atoms with van der Waals surface area (Å²) in [6.45, 7) is 0.437. The summed E-state index contributed by atoms with van der Waals surface area (Å²) < 4.78 is 15.3. The molecule has 8 heteroatoms. The smallest absolute Gasteiger partial charge is 0.262 e. The molecule has 1 aliphatic rings. The number of halogens is 3. The number of fused-ring (bicyclic) bond motifs is 3. The van der Waals surface area contributed by atoms with Crippen molar-refractivity contribution in [3.05, 3.63) is 63.8 Å². The average molecular weight is 392 g/mol. The van der Waals surface area contributed by atoms with Gasteiger partial charge in [-0.05, 0) is 24.3 Å². The first kappa shape index (κ1) is 16.9. The third kappa shape index (κ3) is 2.71. The summed E-state index contributed by atoms with van der Waals surface area (Å²) in [4.78, 5) is 17.1. The van der Waals surface area contributed by atoms with E-state index in [2.05, 4.69) is 10.3 Å². The molecule has 2 N–H and O–H groups in total. The number of benzene rings is 2. The molecule has 1 amide bonds. The van der Waals surface area contributed by atoms with Crippen LogP contribution in [0.25, 0.3) is 16.6 Å². The zero-order chi connectivity index (χ0) is 18.4. The van der Waals surface area contributed by atoms with E-state index in [0.29, 0.717) is 17.6 Å². The molecule has 0 atom stereocenters. The second-order valence-corrected chi connectivity index (χ2v) is 6.66. The maximum absolute atomic E-state index is 13.5. The quantitative estimate of drug-likeness (QED) is 0.659. The minimum Gasteiger partial charge on any atom is -0.511 e. The van der Waals surface area contributed by atoms with Gasteiger partial charge >= 0.3 is 0 Å². The van der Waals surface area contributed by atoms with Crippen LogP contribution in [-0.4, -0.2) is 20.6 Å². The molecular weight excluding hydrogens is 380 g/mol. The standard InChI is InChI=1S/C18H12Cl2FN3O2/c19-10-2-1-3-11(20)16(10)23-18(26)15-14(25)6-7-24-13-5-4-9(21)8-12(13)22-17(15)24/h1-5,8,25H,6-7H2,(H,23,26). The van der Waals surface area contributed by atoms with Gasteiger partial charge in [0.05, 0.1) is 26.8 Å². The van der Waals surface area contributed by atoms with Crippen molar-refractivity contribution in [3.8, 4) is 0 Å². The van der Waals surface area contributed by atoms with Crippen molar-refractivity contribution in [2.45, 2.75) is 13.0 Å². The van der Waals surface area contributed by atoms with E-state index in [4.69, 9.17) is 23.2 Å². The molecule has 5 nitrogen and oxygen atoms in total. The number of aryl methyl sites for hydroxylation is 1. The largest absolute Gasteiger partial charge is 0.511 e. The molecule has 0 bridgehead atoms. The minimum absolute atomic E-state index is 0.0174. The second-order valence-electron chi connectivity index (χ2n) is 5.84. The highest BCUT2D eigenvalue weighted by Gasteiger charge is 2.28. The molecule has 1 aromatic heterocycles. The first-order chi connectivity index (χ1) is 12.5. The van der Waals surface area contributed by atoms with Gasteiger partial charge in [0.15, 0.2) is 0 Å². The van der Waals surface area contributed by atoms with E-state index >= 15 is 0 Å². The fraction of sp³-hybridized carbons (Fsp3) is 0.111. The van der Waals surface area contributed by atoms with Gasteiger partial charge in [0.2, 0.25) is 0 Å². The summed E-state index contributed by atoms with van der Waals surface area (Å²) in [5.41, 5.74) is 1.37. The zero-order valence-corrected chi connectivity index (χ0v) is 14.8. The van der Waals surface area contributed by atoms with E-state index in [1.807, 2.05) is 0 Å². The van der Waals surface area contributed by atoms with E-state index in [0.717, 1.165) is 0 Å². The number of carbonyl (C=O) groups is 1. The Labute approximate surface area is 157 Å². The van der Waals surface area contributed by atoms with Crippen LogP contribution in [0, 0.1) is 5.82 Å². The molecule has 0 radical (unpaired) electrons. The van der Waals surface area contributed by atoms with Crippen molar-refractivity contribution < 1.29 is 14.3 Å². The molecule has 0 unspecified atom stereocenters. The van der Waals surface area contributed by atoms with Crippen molar-refractivity contribution in [2.75, 3.05) is 5.32 Å². The molecule has 2 aromatic carbocycles. The lowest BCUT2D eigenvalue weighted by molar-refractivity contribution is -0.111. The minimum atomic E-state index is -0.589. The van der Waals surface area contributed by atoms with Gasteiger partial charge in [-0.1, -0.05) is 29.3 Å². The molecule has 0 saturated carbocycles. The summed E-state index contributed by atoms with van der Waals surface area (Å²) in [5, 5.41) is 13.5. The number of amides is 1. The SMILES string of the molecule is O=C(Nc1c(Cl)cccc1Cl)C1=C(O)CCn2c1nc1cc(F)ccc12. The van der Waals surface area contributed by atoms with E-state index in [-0.39, 0.29) is 39.3 Å². The summed E-state index contributed by atoms with van der Waals surface area (Å²) in [6, 6.07) is 9.07. The van der Waals surface area contributed by atoms with Crippen molar-refractivity contribution in [2.24, 2.45) is 0 Å². The third-order valence-electron chi connectivity index (χ3n) is 4.22. The van der Waals surface area contributed by atoms with E-state index in [1.54, 1.807) is 28.8 Å². The number of hydrogen-bond donors (Lipinski definition) is 2. The topological polar surface area (TPSA) is 67.2 Å². The molecular formula is C18H12Cl2FN3O2. The molecule has 0 fully saturated rings. The number of aliphatic hydroxyl groups is 1. The Morgan fingerprint density at radius 3 is 2.69 bits per heavy atom. The van der Waals surface area contributed by atoms with Crippen LogP contribution in [0.15, 0.2) is 42.2 Å². The number of carbonyl (C=O) groups excluding carboxylic acids is 1. The van der Waals surface area contributed by atoms with Crippen molar-refractivity contribution in [1.29, 1.82) is 0 Å². The monoisotopic (exact) mass is 391 g/mol. The molecule has 1 aliphatic heterocycles. The molecule has 132 valence electrons. The Morgan fingerprint density at radius 1 is 1.23 bits per heavy atom. The fourth-order valence-corrected chi connectivity index (χ4v) is 3.51. The molecule has 3 aromatic rings. The Bertz CT molecular complexity index is 1070. The summed E-state index contributed by atoms with van der Waals surface area (Å²) in [7, 11) is 0. The molecule has 4 rings (SSSR count). The van der Waals surface area contributed by atoms with E-state index < -0.39 is 11.7 Å². The predicted octanol–water partition coefficient (Wildman–Crippen LogP) is 4.79. The average Bonchev–Trinajstić information content (AvgIpc) is 2.95. The lowest BCUT2D eigenvalue weighted by atomic mass is 10.1. The molecule has 0 spiro atoms. The van der Waals surface area contributed by atoms with Gasteiger partial charge in [-0.25, -0.2) is 9.37 Å². The number of aliphatic hydroxyl groups excluding tert-OH is 1. The Balaban J connectivity index is 1.79. The Kier molecular flexibility index (Phi) is 4.09. The molecule has 0 saturated heterocycles. The van der Waals surface area contributed by atoms with Crippen LogP contribution in [0.1, 0.15) is 12.2 Å². The number of hydrogen-bond acceptors (Lipinski definition) is 3. The van der Waals surface area contributed by atoms with Crippen LogP contribution in [0.5, 0.6) is 0 Å². The highest BCUT2D eigenvalue weighted by Crippen LogP contribution is 2.34. The number of para-hydroxylation sites is 1. The number of allylic oxidation sites excluding steroid dienone is 1. The Morgan fingerprint density at radius 2 is 1.96 bits per heavy atom.